The lowest BCUT2D eigenvalue weighted by molar-refractivity contribution is 0.604. The molecule has 6 nitrogen and oxygen atoms in total. The zero-order chi connectivity index (χ0) is 22.5. The van der Waals surface area contributed by atoms with Gasteiger partial charge in [0.2, 0.25) is 0 Å². The van der Waals surface area contributed by atoms with Crippen LogP contribution in [-0.4, -0.2) is 34.8 Å². The zero-order valence-electron chi connectivity index (χ0n) is 16.5. The lowest BCUT2D eigenvalue weighted by Gasteiger charge is -2.08. The normalized spacial score (nSPS) is 11.8. The smallest absolute Gasteiger partial charge is 0.184 e. The van der Waals surface area contributed by atoms with Crippen LogP contribution in [0, 0.1) is 5.82 Å². The van der Waals surface area contributed by atoms with Gasteiger partial charge in [0.15, 0.2) is 9.84 Å². The second-order valence-electron chi connectivity index (χ2n) is 7.12. The summed E-state index contributed by atoms with van der Waals surface area (Å²) in [5.41, 5.74) is 3.59. The molecule has 0 saturated heterocycles. The van der Waals surface area contributed by atoms with Crippen LogP contribution in [0.25, 0.3) is 43.9 Å². The predicted octanol–water partition coefficient (Wildman–Crippen LogP) is 5.61. The Morgan fingerprint density at radius 3 is 2.59 bits per heavy atom. The largest absolute Gasteiger partial charge is 0.284 e. The maximum absolute atomic E-state index is 14.5. The Balaban J connectivity index is 1.66. The van der Waals surface area contributed by atoms with Crippen molar-refractivity contribution in [3.05, 3.63) is 71.9 Å². The van der Waals surface area contributed by atoms with E-state index in [2.05, 4.69) is 20.2 Å². The van der Waals surface area contributed by atoms with E-state index in [1.165, 1.54) is 18.6 Å². The molecule has 160 valence electrons. The molecule has 0 amide bonds. The van der Waals surface area contributed by atoms with Crippen molar-refractivity contribution in [3.63, 3.8) is 0 Å². The van der Waals surface area contributed by atoms with Crippen LogP contribution >= 0.6 is 22.9 Å². The van der Waals surface area contributed by atoms with Crippen molar-refractivity contribution in [2.24, 2.45) is 0 Å². The van der Waals surface area contributed by atoms with Gasteiger partial charge in [-0.1, -0.05) is 17.7 Å². The Bertz CT molecular complexity index is 1590. The first kappa shape index (κ1) is 20.7. The highest BCUT2D eigenvalue weighted by molar-refractivity contribution is 7.92. The van der Waals surface area contributed by atoms with Crippen LogP contribution in [-0.2, 0) is 9.84 Å². The molecule has 0 aliphatic rings. The van der Waals surface area contributed by atoms with E-state index >= 15 is 0 Å². The average Bonchev–Trinajstić information content (AvgIpc) is 3.43. The molecule has 0 unspecified atom stereocenters. The molecule has 5 rings (SSSR count). The second-order valence-corrected chi connectivity index (χ2v) is 10.9. The van der Waals surface area contributed by atoms with Gasteiger partial charge in [0.25, 0.3) is 0 Å². The molecule has 0 atom stereocenters. The van der Waals surface area contributed by atoms with Crippen LogP contribution in [0.15, 0.2) is 65.3 Å². The summed E-state index contributed by atoms with van der Waals surface area (Å²) in [7, 11) is -3.31. The fraction of sp³-hybridized carbons (Fsp3) is 0.0455. The third-order valence-corrected chi connectivity index (χ3v) is 8.10. The van der Waals surface area contributed by atoms with Crippen LogP contribution in [0.2, 0.25) is 5.02 Å². The fourth-order valence-electron chi connectivity index (χ4n) is 3.46. The van der Waals surface area contributed by atoms with Crippen LogP contribution in [0.3, 0.4) is 0 Å². The number of hydrogen-bond donors (Lipinski definition) is 1. The molecule has 3 heterocycles. The number of halogens is 2. The predicted molar refractivity (Wildman–Crippen MR) is 124 cm³/mol. The maximum atomic E-state index is 14.5. The summed E-state index contributed by atoms with van der Waals surface area (Å²) >= 11 is 7.04. The van der Waals surface area contributed by atoms with Gasteiger partial charge in [0.1, 0.15) is 22.0 Å². The third kappa shape index (κ3) is 3.68. The number of fused-ring (bicyclic) bond motifs is 1. The Kier molecular flexibility index (Phi) is 5.04. The van der Waals surface area contributed by atoms with Crippen molar-refractivity contribution < 1.29 is 12.8 Å². The zero-order valence-corrected chi connectivity index (χ0v) is 18.9. The van der Waals surface area contributed by atoms with E-state index < -0.39 is 15.7 Å². The van der Waals surface area contributed by atoms with Gasteiger partial charge in [0.05, 0.1) is 16.1 Å². The van der Waals surface area contributed by atoms with E-state index in [0.29, 0.717) is 37.9 Å². The molecular weight excluding hydrogens is 471 g/mol. The van der Waals surface area contributed by atoms with Gasteiger partial charge in [-0.15, -0.1) is 11.3 Å². The molecule has 3 aromatic heterocycles. The molecule has 0 radical (unpaired) electrons. The molecule has 0 aliphatic carbocycles. The first-order valence-electron chi connectivity index (χ1n) is 9.36. The van der Waals surface area contributed by atoms with Gasteiger partial charge in [-0.25, -0.2) is 22.8 Å². The summed E-state index contributed by atoms with van der Waals surface area (Å²) in [5, 5.41) is 8.10. The number of rotatable bonds is 4. The molecule has 5 aromatic rings. The Labute approximate surface area is 191 Å². The topological polar surface area (TPSA) is 88.6 Å². The summed E-state index contributed by atoms with van der Waals surface area (Å²) in [4.78, 5) is 9.45. The second kappa shape index (κ2) is 7.77. The maximum Gasteiger partial charge on any atom is 0.184 e. The van der Waals surface area contributed by atoms with E-state index in [0.717, 1.165) is 22.3 Å². The summed E-state index contributed by atoms with van der Waals surface area (Å²) in [6, 6.07) is 13.4. The van der Waals surface area contributed by atoms with Gasteiger partial charge in [-0.3, -0.25) is 5.10 Å². The number of sulfone groups is 1. The van der Waals surface area contributed by atoms with Gasteiger partial charge < -0.3 is 0 Å². The molecule has 32 heavy (non-hydrogen) atoms. The highest BCUT2D eigenvalue weighted by atomic mass is 35.5. The number of hydrogen-bond acceptors (Lipinski definition) is 6. The lowest BCUT2D eigenvalue weighted by Crippen LogP contribution is -1.92. The third-order valence-electron chi connectivity index (χ3n) is 4.95. The van der Waals surface area contributed by atoms with E-state index in [1.54, 1.807) is 30.5 Å². The van der Waals surface area contributed by atoms with E-state index in [-0.39, 0.29) is 4.21 Å². The molecule has 2 aromatic carbocycles. The first-order chi connectivity index (χ1) is 15.3. The summed E-state index contributed by atoms with van der Waals surface area (Å²) in [6.45, 7) is 0. The summed E-state index contributed by atoms with van der Waals surface area (Å²) in [6.07, 6.45) is 4.32. The van der Waals surface area contributed by atoms with Crippen LogP contribution in [0.5, 0.6) is 0 Å². The molecule has 0 bridgehead atoms. The molecule has 0 saturated carbocycles. The molecule has 1 N–H and O–H groups in total. The number of aromatic amines is 1. The number of thiophene rings is 1. The van der Waals surface area contributed by atoms with Gasteiger partial charge >= 0.3 is 0 Å². The van der Waals surface area contributed by atoms with Crippen molar-refractivity contribution in [2.75, 3.05) is 6.26 Å². The number of H-pyrrole nitrogens is 1. The fourth-order valence-corrected chi connectivity index (χ4v) is 5.56. The SMILES string of the molecule is CS(=O)(=O)c1ccc(-c2ncnc3ccc(-c4c[nH]nc4-c4ccc(Cl)cc4F)cc23)s1. The lowest BCUT2D eigenvalue weighted by atomic mass is 9.99. The van der Waals surface area contributed by atoms with Crippen LogP contribution < -0.4 is 0 Å². The number of nitrogens with one attached hydrogen (secondary N) is 1. The Hall–Kier alpha value is -3.14. The summed E-state index contributed by atoms with van der Waals surface area (Å²) < 4.78 is 38.6. The van der Waals surface area contributed by atoms with Gasteiger partial charge in [-0.2, -0.15) is 5.10 Å². The Morgan fingerprint density at radius 1 is 1.00 bits per heavy atom. The minimum Gasteiger partial charge on any atom is -0.284 e. The van der Waals surface area contributed by atoms with Gasteiger partial charge in [-0.05, 0) is 48.0 Å². The first-order valence-corrected chi connectivity index (χ1v) is 12.4. The van der Waals surface area contributed by atoms with Crippen molar-refractivity contribution in [1.29, 1.82) is 0 Å². The average molecular weight is 485 g/mol. The van der Waals surface area contributed by atoms with E-state index in [9.17, 15) is 12.8 Å². The van der Waals surface area contributed by atoms with Crippen molar-refractivity contribution in [1.82, 2.24) is 20.2 Å². The van der Waals surface area contributed by atoms with E-state index in [1.807, 2.05) is 18.2 Å². The van der Waals surface area contributed by atoms with E-state index in [4.69, 9.17) is 11.6 Å². The van der Waals surface area contributed by atoms with Crippen molar-refractivity contribution in [3.8, 4) is 33.0 Å². The minimum absolute atomic E-state index is 0.269. The van der Waals surface area contributed by atoms with Crippen LogP contribution in [0.4, 0.5) is 4.39 Å². The minimum atomic E-state index is -3.31. The standard InChI is InChI=1S/C22H14ClFN4O2S2/c1-32(29,30)20-7-6-19(31-20)22-15-8-12(2-5-18(15)25-11-26-22)16-10-27-28-21(16)14-4-3-13(23)9-17(14)24/h2-11H,1H3,(H,27,28). The number of benzene rings is 2. The molecule has 10 heteroatoms. The number of aromatic nitrogens is 4. The van der Waals surface area contributed by atoms with Gasteiger partial charge in [0, 0.05) is 34.0 Å². The highest BCUT2D eigenvalue weighted by Gasteiger charge is 2.18. The molecule has 0 aliphatic heterocycles. The summed E-state index contributed by atoms with van der Waals surface area (Å²) in [5.74, 6) is -0.470. The van der Waals surface area contributed by atoms with Crippen molar-refractivity contribution >= 4 is 43.7 Å². The molecule has 0 spiro atoms. The quantitative estimate of drug-likeness (QED) is 0.358. The monoisotopic (exact) mass is 484 g/mol. The Morgan fingerprint density at radius 2 is 1.84 bits per heavy atom. The van der Waals surface area contributed by atoms with Crippen molar-refractivity contribution in [2.45, 2.75) is 4.21 Å². The highest BCUT2D eigenvalue weighted by Crippen LogP contribution is 2.37. The molecule has 0 fully saturated rings. The number of nitrogens with zero attached hydrogens (tertiary/aromatic N) is 3. The van der Waals surface area contributed by atoms with Crippen LogP contribution in [0.1, 0.15) is 0 Å². The molecular formula is C22H14ClFN4O2S2.